The lowest BCUT2D eigenvalue weighted by Gasteiger charge is -2.29. The molecular formula is C25H29N5O4S. The summed E-state index contributed by atoms with van der Waals surface area (Å²) in [5.41, 5.74) is 3.17. The average molecular weight is 496 g/mol. The van der Waals surface area contributed by atoms with Crippen molar-refractivity contribution in [2.45, 2.75) is 32.6 Å². The zero-order chi connectivity index (χ0) is 24.5. The molecule has 0 saturated carbocycles. The molecule has 0 amide bonds. The first-order valence-electron chi connectivity index (χ1n) is 11.6. The van der Waals surface area contributed by atoms with Gasteiger partial charge in [0.2, 0.25) is 10.5 Å². The Bertz CT molecular complexity index is 1510. The first-order valence-corrected chi connectivity index (χ1v) is 12.0. The highest BCUT2D eigenvalue weighted by Gasteiger charge is 2.22. The van der Waals surface area contributed by atoms with Crippen LogP contribution in [0, 0.1) is 4.77 Å². The maximum Gasteiger partial charge on any atom is 0.262 e. The van der Waals surface area contributed by atoms with Crippen molar-refractivity contribution >= 4 is 28.9 Å². The predicted octanol–water partition coefficient (Wildman–Crippen LogP) is 3.25. The molecule has 0 radical (unpaired) electrons. The van der Waals surface area contributed by atoms with E-state index in [1.54, 1.807) is 25.9 Å². The number of aryl methyl sites for hydroxylation is 1. The molecule has 1 aliphatic heterocycles. The van der Waals surface area contributed by atoms with Crippen LogP contribution in [0.3, 0.4) is 0 Å². The van der Waals surface area contributed by atoms with E-state index in [-0.39, 0.29) is 5.56 Å². The number of nitrogens with zero attached hydrogens (tertiary/aromatic N) is 5. The molecule has 3 heterocycles. The second-order valence-corrected chi connectivity index (χ2v) is 9.02. The molecule has 0 aliphatic carbocycles. The zero-order valence-electron chi connectivity index (χ0n) is 20.2. The summed E-state index contributed by atoms with van der Waals surface area (Å²) in [5.74, 6) is 2.03. The van der Waals surface area contributed by atoms with Gasteiger partial charge in [0.25, 0.3) is 5.56 Å². The van der Waals surface area contributed by atoms with E-state index in [0.29, 0.717) is 42.2 Å². The van der Waals surface area contributed by atoms with Gasteiger partial charge in [0.05, 0.1) is 31.8 Å². The van der Waals surface area contributed by atoms with E-state index in [1.165, 1.54) is 11.1 Å². The molecule has 0 saturated heterocycles. The molecule has 0 spiro atoms. The van der Waals surface area contributed by atoms with Crippen molar-refractivity contribution < 1.29 is 14.2 Å². The van der Waals surface area contributed by atoms with Gasteiger partial charge in [-0.1, -0.05) is 12.1 Å². The number of methoxy groups -OCH3 is 3. The fourth-order valence-corrected chi connectivity index (χ4v) is 5.06. The molecule has 0 N–H and O–H groups in total. The molecule has 2 aromatic carbocycles. The summed E-state index contributed by atoms with van der Waals surface area (Å²) in [4.78, 5) is 15.6. The molecule has 2 aromatic heterocycles. The van der Waals surface area contributed by atoms with Gasteiger partial charge in [-0.3, -0.25) is 18.7 Å². The Morgan fingerprint density at radius 3 is 2.54 bits per heavy atom. The summed E-state index contributed by atoms with van der Waals surface area (Å²) >= 11 is 5.87. The topological polar surface area (TPSA) is 75.2 Å². The van der Waals surface area contributed by atoms with Gasteiger partial charge in [0.1, 0.15) is 0 Å². The summed E-state index contributed by atoms with van der Waals surface area (Å²) in [6, 6.07) is 11.7. The highest BCUT2D eigenvalue weighted by atomic mass is 32.1. The Morgan fingerprint density at radius 1 is 1.06 bits per heavy atom. The molecule has 10 heteroatoms. The Kier molecular flexibility index (Phi) is 6.59. The van der Waals surface area contributed by atoms with Crippen molar-refractivity contribution in [3.05, 3.63) is 62.6 Å². The van der Waals surface area contributed by atoms with Gasteiger partial charge >= 0.3 is 0 Å². The Hall–Kier alpha value is -3.21. The van der Waals surface area contributed by atoms with E-state index < -0.39 is 0 Å². The van der Waals surface area contributed by atoms with Gasteiger partial charge in [-0.2, -0.15) is 0 Å². The third-order valence-electron chi connectivity index (χ3n) is 6.55. The molecule has 0 bridgehead atoms. The van der Waals surface area contributed by atoms with Crippen molar-refractivity contribution in [3.63, 3.8) is 0 Å². The predicted molar refractivity (Wildman–Crippen MR) is 136 cm³/mol. The van der Waals surface area contributed by atoms with Crippen LogP contribution in [0.5, 0.6) is 11.5 Å². The third kappa shape index (κ3) is 4.22. The SMILES string of the molecule is COCCCn1c(=O)c2ccccc2n2c(=S)n(CN3CCc4cc(OC)c(OC)cc4C3)nc12. The fourth-order valence-electron chi connectivity index (χ4n) is 4.78. The normalized spacial score (nSPS) is 13.9. The van der Waals surface area contributed by atoms with Gasteiger partial charge in [0, 0.05) is 33.4 Å². The van der Waals surface area contributed by atoms with Crippen LogP contribution in [-0.2, 0) is 30.9 Å². The summed E-state index contributed by atoms with van der Waals surface area (Å²) < 4.78 is 22.1. The number of hydrogen-bond donors (Lipinski definition) is 0. The smallest absolute Gasteiger partial charge is 0.262 e. The largest absolute Gasteiger partial charge is 0.493 e. The van der Waals surface area contributed by atoms with Gasteiger partial charge in [-0.15, -0.1) is 5.10 Å². The van der Waals surface area contributed by atoms with Gasteiger partial charge < -0.3 is 14.2 Å². The molecule has 0 fully saturated rings. The fraction of sp³-hybridized carbons (Fsp3) is 0.400. The number of fused-ring (bicyclic) bond motifs is 4. The van der Waals surface area contributed by atoms with E-state index >= 15 is 0 Å². The van der Waals surface area contributed by atoms with Crippen LogP contribution in [0.1, 0.15) is 17.5 Å². The van der Waals surface area contributed by atoms with Gasteiger partial charge in [-0.25, -0.2) is 4.68 Å². The monoisotopic (exact) mass is 495 g/mol. The molecular weight excluding hydrogens is 466 g/mol. The van der Waals surface area contributed by atoms with Crippen molar-refractivity contribution in [1.29, 1.82) is 0 Å². The van der Waals surface area contributed by atoms with Crippen LogP contribution in [0.15, 0.2) is 41.2 Å². The minimum Gasteiger partial charge on any atom is -0.493 e. The summed E-state index contributed by atoms with van der Waals surface area (Å²) in [7, 11) is 4.96. The molecule has 0 unspecified atom stereocenters. The minimum atomic E-state index is -0.0655. The van der Waals surface area contributed by atoms with Crippen LogP contribution in [0.2, 0.25) is 0 Å². The van der Waals surface area contributed by atoms with E-state index in [9.17, 15) is 4.79 Å². The molecule has 35 heavy (non-hydrogen) atoms. The second-order valence-electron chi connectivity index (χ2n) is 8.66. The maximum atomic E-state index is 13.3. The number of rotatable bonds is 8. The van der Waals surface area contributed by atoms with Crippen LogP contribution in [0.4, 0.5) is 0 Å². The maximum absolute atomic E-state index is 13.3. The Morgan fingerprint density at radius 2 is 1.80 bits per heavy atom. The molecule has 0 atom stereocenters. The summed E-state index contributed by atoms with van der Waals surface area (Å²) in [6.45, 7) is 3.20. The van der Waals surface area contributed by atoms with Crippen molar-refractivity contribution in [3.8, 4) is 11.5 Å². The molecule has 9 nitrogen and oxygen atoms in total. The minimum absolute atomic E-state index is 0.0655. The van der Waals surface area contributed by atoms with Crippen molar-refractivity contribution in [2.24, 2.45) is 0 Å². The van der Waals surface area contributed by atoms with Crippen LogP contribution < -0.4 is 15.0 Å². The number of para-hydroxylation sites is 1. The summed E-state index contributed by atoms with van der Waals surface area (Å²) in [6.07, 6.45) is 1.60. The van der Waals surface area contributed by atoms with Crippen LogP contribution in [-0.4, -0.2) is 58.1 Å². The van der Waals surface area contributed by atoms with E-state index in [1.807, 2.05) is 39.4 Å². The standard InChI is InChI=1S/C25H29N5O4S/c1-32-12-6-10-28-23(31)19-7-4-5-8-20(19)30-24(28)26-29(25(30)35)16-27-11-9-17-13-21(33-2)22(34-3)14-18(17)15-27/h4-5,7-8,13-14H,6,9-12,15-16H2,1-3H3. The molecule has 1 aliphatic rings. The van der Waals surface area contributed by atoms with Crippen LogP contribution in [0.25, 0.3) is 16.7 Å². The summed E-state index contributed by atoms with van der Waals surface area (Å²) in [5, 5.41) is 5.45. The van der Waals surface area contributed by atoms with Crippen molar-refractivity contribution in [2.75, 3.05) is 34.5 Å². The number of aromatic nitrogens is 4. The third-order valence-corrected chi connectivity index (χ3v) is 6.94. The second kappa shape index (κ2) is 9.80. The molecule has 5 rings (SSSR count). The van der Waals surface area contributed by atoms with Crippen LogP contribution >= 0.6 is 12.2 Å². The van der Waals surface area contributed by atoms with Gasteiger partial charge in [0.15, 0.2) is 11.5 Å². The first kappa shape index (κ1) is 23.5. The van der Waals surface area contributed by atoms with Gasteiger partial charge in [-0.05, 0) is 60.5 Å². The van der Waals surface area contributed by atoms with E-state index in [2.05, 4.69) is 11.0 Å². The highest BCUT2D eigenvalue weighted by Crippen LogP contribution is 2.33. The van der Waals surface area contributed by atoms with Crippen molar-refractivity contribution in [1.82, 2.24) is 23.6 Å². The number of benzene rings is 2. The van der Waals surface area contributed by atoms with E-state index in [4.69, 9.17) is 31.5 Å². The molecule has 184 valence electrons. The number of ether oxygens (including phenoxy) is 3. The lowest BCUT2D eigenvalue weighted by molar-refractivity contribution is 0.187. The number of hydrogen-bond acceptors (Lipinski definition) is 7. The Labute approximate surface area is 208 Å². The zero-order valence-corrected chi connectivity index (χ0v) is 21.0. The Balaban J connectivity index is 1.53. The molecule has 4 aromatic rings. The lowest BCUT2D eigenvalue weighted by atomic mass is 9.99. The average Bonchev–Trinajstić information content (AvgIpc) is 3.20. The first-order chi connectivity index (χ1) is 17.0. The van der Waals surface area contributed by atoms with E-state index in [0.717, 1.165) is 36.5 Å². The highest BCUT2D eigenvalue weighted by molar-refractivity contribution is 7.71. The quantitative estimate of drug-likeness (QED) is 0.274. The lowest BCUT2D eigenvalue weighted by Crippen LogP contribution is -2.32.